The summed E-state index contributed by atoms with van der Waals surface area (Å²) >= 11 is 0. The number of fused-ring (bicyclic) bond motifs is 1. The van der Waals surface area contributed by atoms with Crippen molar-refractivity contribution >= 4 is 10.8 Å². The predicted octanol–water partition coefficient (Wildman–Crippen LogP) is 8.68. The molecule has 0 nitrogen and oxygen atoms in total. The Balaban J connectivity index is -0.0000000552. The van der Waals surface area contributed by atoms with Gasteiger partial charge in [0.1, 0.15) is 0 Å². The molecule has 3 aromatic rings. The minimum atomic E-state index is 0. The first-order chi connectivity index (χ1) is 9.22. The van der Waals surface area contributed by atoms with Gasteiger partial charge in [0.15, 0.2) is 0 Å². The van der Waals surface area contributed by atoms with Crippen molar-refractivity contribution in [2.45, 2.75) is 33.6 Å². The molecule has 0 atom stereocenters. The van der Waals surface area contributed by atoms with Crippen molar-refractivity contribution in [1.82, 2.24) is 0 Å². The van der Waals surface area contributed by atoms with E-state index < -0.39 is 0 Å². The van der Waals surface area contributed by atoms with Gasteiger partial charge in [0.05, 0.1) is 0 Å². The zero-order chi connectivity index (χ0) is 13.7. The smallest absolute Gasteiger partial charge is 0 e. The predicted molar refractivity (Wildman–Crippen MR) is 130 cm³/mol. The molecule has 0 heterocycles. The molecule has 0 saturated heterocycles. The van der Waals surface area contributed by atoms with Crippen LogP contribution in [0.25, 0.3) is 10.8 Å². The van der Waals surface area contributed by atoms with E-state index in [0.29, 0.717) is 0 Å². The fraction of sp³-hybridized carbons (Fsp3) is 0.192. The van der Waals surface area contributed by atoms with Crippen molar-refractivity contribution in [3.05, 3.63) is 123 Å². The molecule has 0 aromatic heterocycles. The average molecular weight is 534 g/mol. The molecule has 160 valence electrons. The van der Waals surface area contributed by atoms with Gasteiger partial charge < -0.3 is 52.0 Å². The van der Waals surface area contributed by atoms with E-state index in [9.17, 15) is 0 Å². The second-order valence-corrected chi connectivity index (χ2v) is 5.09. The summed E-state index contributed by atoms with van der Waals surface area (Å²) in [6.45, 7) is 6.61. The quantitative estimate of drug-likeness (QED) is 0.228. The molecular formula is C26H43Hf-9. The van der Waals surface area contributed by atoms with Gasteiger partial charge in [0.25, 0.3) is 0 Å². The summed E-state index contributed by atoms with van der Waals surface area (Å²) < 4.78 is 0. The van der Waals surface area contributed by atoms with Crippen LogP contribution in [0.3, 0.4) is 0 Å². The van der Waals surface area contributed by atoms with Crippen molar-refractivity contribution in [1.29, 1.82) is 0 Å². The van der Waals surface area contributed by atoms with E-state index in [1.807, 2.05) is 30.3 Å². The van der Waals surface area contributed by atoms with Gasteiger partial charge in [-0.1, -0.05) is 30.9 Å². The zero-order valence-electron chi connectivity index (χ0n) is 19.6. The van der Waals surface area contributed by atoms with Crippen LogP contribution >= 0.6 is 0 Å². The van der Waals surface area contributed by atoms with Gasteiger partial charge in [-0.25, -0.2) is 12.1 Å². The SMILES string of the molecule is CCC[c-]1ccc2cc(C)c(C)cc21.[CH3-].[CH3-].[CH3-].[CH3-].[CH3-].[CH3-].[CH3-].[Hf].c1cc[cH-]c1. The Bertz CT molecular complexity index is 598. The van der Waals surface area contributed by atoms with E-state index in [2.05, 4.69) is 45.0 Å². The van der Waals surface area contributed by atoms with Crippen LogP contribution in [-0.2, 0) is 32.3 Å². The Kier molecular flexibility index (Phi) is 38.5. The van der Waals surface area contributed by atoms with Crippen molar-refractivity contribution in [2.24, 2.45) is 0 Å². The number of hydrogen-bond donors (Lipinski definition) is 0. The number of rotatable bonds is 2. The van der Waals surface area contributed by atoms with Gasteiger partial charge in [0.2, 0.25) is 0 Å². The van der Waals surface area contributed by atoms with Crippen LogP contribution in [0.5, 0.6) is 0 Å². The summed E-state index contributed by atoms with van der Waals surface area (Å²) in [4.78, 5) is 0. The summed E-state index contributed by atoms with van der Waals surface area (Å²) in [5, 5.41) is 2.85. The third-order valence-electron chi connectivity index (χ3n) is 3.55. The average Bonchev–Trinajstić information content (AvgIpc) is 3.05. The molecule has 3 aromatic carbocycles. The fourth-order valence-electron chi connectivity index (χ4n) is 2.34. The number of hydrogen-bond acceptors (Lipinski definition) is 0. The van der Waals surface area contributed by atoms with Crippen LogP contribution < -0.4 is 0 Å². The molecule has 0 saturated carbocycles. The summed E-state index contributed by atoms with van der Waals surface area (Å²) in [5.74, 6) is 0. The molecule has 0 fully saturated rings. The first kappa shape index (κ1) is 45.0. The minimum absolute atomic E-state index is 0. The van der Waals surface area contributed by atoms with Crippen LogP contribution in [0.15, 0.2) is 54.6 Å². The maximum absolute atomic E-state index is 2.33. The van der Waals surface area contributed by atoms with Gasteiger partial charge in [-0.2, -0.15) is 24.3 Å². The van der Waals surface area contributed by atoms with Crippen LogP contribution in [0.2, 0.25) is 0 Å². The molecule has 0 radical (unpaired) electrons. The van der Waals surface area contributed by atoms with Crippen molar-refractivity contribution in [2.75, 3.05) is 0 Å². The van der Waals surface area contributed by atoms with Gasteiger partial charge in [0, 0.05) is 25.8 Å². The monoisotopic (exact) mass is 535 g/mol. The van der Waals surface area contributed by atoms with Crippen LogP contribution in [0, 0.1) is 65.8 Å². The third kappa shape index (κ3) is 13.0. The molecule has 0 unspecified atom stereocenters. The molecule has 0 N–H and O–H groups in total. The van der Waals surface area contributed by atoms with Crippen molar-refractivity contribution in [3.63, 3.8) is 0 Å². The summed E-state index contributed by atoms with van der Waals surface area (Å²) in [6.07, 6.45) is 2.43. The molecule has 3 rings (SSSR count). The van der Waals surface area contributed by atoms with E-state index in [1.165, 1.54) is 40.3 Å². The molecule has 0 bridgehead atoms. The molecule has 1 heteroatoms. The summed E-state index contributed by atoms with van der Waals surface area (Å²) in [5.41, 5.74) is 4.30. The second-order valence-electron chi connectivity index (χ2n) is 5.09. The first-order valence-corrected chi connectivity index (χ1v) is 7.04. The zero-order valence-corrected chi connectivity index (χ0v) is 23.2. The minimum Gasteiger partial charge on any atom is -0.358 e. The third-order valence-corrected chi connectivity index (χ3v) is 3.55. The summed E-state index contributed by atoms with van der Waals surface area (Å²) in [6, 6.07) is 19.1. The Morgan fingerprint density at radius 3 is 1.70 bits per heavy atom. The maximum Gasteiger partial charge on any atom is 0 e. The summed E-state index contributed by atoms with van der Waals surface area (Å²) in [7, 11) is 0. The standard InChI is InChI=1S/C14H17.C5H5.7CH3.Hf/c1-4-5-12-6-7-13-8-10(2)11(3)9-14(12)13;1-2-4-5-3-1;;;;;;;;/h6-9H,4-5H2,1-3H3;1-5H;7*1H3;/q9*-1;. The Morgan fingerprint density at radius 2 is 1.30 bits per heavy atom. The maximum atomic E-state index is 2.33. The fourth-order valence-corrected chi connectivity index (χ4v) is 2.34. The number of benzene rings is 1. The molecular weight excluding hydrogens is 491 g/mol. The number of aryl methyl sites for hydroxylation is 3. The van der Waals surface area contributed by atoms with Crippen molar-refractivity contribution in [3.8, 4) is 0 Å². The van der Waals surface area contributed by atoms with E-state index in [-0.39, 0.29) is 77.8 Å². The van der Waals surface area contributed by atoms with Gasteiger partial charge in [-0.15, -0.1) is 34.5 Å². The van der Waals surface area contributed by atoms with E-state index in [1.54, 1.807) is 0 Å². The van der Waals surface area contributed by atoms with Crippen molar-refractivity contribution < 1.29 is 25.8 Å². The van der Waals surface area contributed by atoms with Crippen LogP contribution in [0.4, 0.5) is 0 Å². The van der Waals surface area contributed by atoms with Gasteiger partial charge in [-0.3, -0.25) is 0 Å². The molecule has 0 spiro atoms. The second kappa shape index (κ2) is 23.1. The van der Waals surface area contributed by atoms with Gasteiger partial charge in [-0.05, 0) is 13.8 Å². The van der Waals surface area contributed by atoms with E-state index >= 15 is 0 Å². The Labute approximate surface area is 192 Å². The van der Waals surface area contributed by atoms with Crippen LogP contribution in [0.1, 0.15) is 30.0 Å². The Morgan fingerprint density at radius 1 is 0.815 bits per heavy atom. The molecule has 27 heavy (non-hydrogen) atoms. The van der Waals surface area contributed by atoms with Crippen LogP contribution in [-0.4, -0.2) is 0 Å². The van der Waals surface area contributed by atoms with E-state index in [0.717, 1.165) is 0 Å². The molecule has 0 aliphatic rings. The van der Waals surface area contributed by atoms with E-state index in [4.69, 9.17) is 0 Å². The Hall–Kier alpha value is -0.950. The molecule has 0 amide bonds. The topological polar surface area (TPSA) is 0 Å². The molecule has 0 aliphatic heterocycles. The largest absolute Gasteiger partial charge is 0.358 e. The van der Waals surface area contributed by atoms with Gasteiger partial charge >= 0.3 is 0 Å². The molecule has 0 aliphatic carbocycles. The normalized spacial score (nSPS) is 7.22. The first-order valence-electron chi connectivity index (χ1n) is 7.04.